The van der Waals surface area contributed by atoms with Gasteiger partial charge in [-0.25, -0.2) is 0 Å². The van der Waals surface area contributed by atoms with Crippen LogP contribution in [-0.4, -0.2) is 39.9 Å². The summed E-state index contributed by atoms with van der Waals surface area (Å²) in [7, 11) is 0. The highest BCUT2D eigenvalue weighted by atomic mass is 16.4. The minimum absolute atomic E-state index is 0.0211. The summed E-state index contributed by atoms with van der Waals surface area (Å²) in [5.41, 5.74) is 0.0211. The van der Waals surface area contributed by atoms with E-state index in [9.17, 15) is 5.11 Å². The Morgan fingerprint density at radius 3 is 2.94 bits per heavy atom. The molecule has 1 aliphatic rings. The third kappa shape index (κ3) is 2.59. The summed E-state index contributed by atoms with van der Waals surface area (Å²) in [5.74, 6) is 1.27. The Balaban J connectivity index is 1.95. The van der Waals surface area contributed by atoms with Crippen LogP contribution in [0.5, 0.6) is 0 Å². The van der Waals surface area contributed by atoms with Gasteiger partial charge in [0.25, 0.3) is 0 Å². The van der Waals surface area contributed by atoms with E-state index in [4.69, 9.17) is 4.42 Å². The van der Waals surface area contributed by atoms with E-state index < -0.39 is 0 Å². The van der Waals surface area contributed by atoms with Gasteiger partial charge in [0, 0.05) is 25.5 Å². The summed E-state index contributed by atoms with van der Waals surface area (Å²) in [6.45, 7) is 6.79. The van der Waals surface area contributed by atoms with Gasteiger partial charge >= 0.3 is 0 Å². The molecule has 1 aliphatic heterocycles. The Morgan fingerprint density at radius 2 is 2.31 bits per heavy atom. The molecule has 0 aliphatic carbocycles. The van der Waals surface area contributed by atoms with Crippen LogP contribution in [0.25, 0.3) is 0 Å². The molecule has 1 N–H and O–H groups in total. The van der Waals surface area contributed by atoms with Crippen LogP contribution in [0.3, 0.4) is 0 Å². The second-order valence-electron chi connectivity index (χ2n) is 5.00. The van der Waals surface area contributed by atoms with Crippen LogP contribution in [0.2, 0.25) is 0 Å². The predicted octanol–water partition coefficient (Wildman–Crippen LogP) is 0.972. The number of hydrogen-bond donors (Lipinski definition) is 1. The molecular formula is C11H19N3O2. The van der Waals surface area contributed by atoms with Crippen molar-refractivity contribution in [3.63, 3.8) is 0 Å². The monoisotopic (exact) mass is 225 g/mol. The van der Waals surface area contributed by atoms with E-state index in [0.29, 0.717) is 18.3 Å². The van der Waals surface area contributed by atoms with Gasteiger partial charge in [-0.05, 0) is 19.4 Å². The molecule has 2 rings (SSSR count). The van der Waals surface area contributed by atoms with E-state index in [1.165, 1.54) is 0 Å². The lowest BCUT2D eigenvalue weighted by atomic mass is 9.83. The third-order valence-electron chi connectivity index (χ3n) is 3.17. The average Bonchev–Trinajstić information content (AvgIpc) is 2.64. The molecule has 90 valence electrons. The van der Waals surface area contributed by atoms with E-state index in [0.717, 1.165) is 25.9 Å². The van der Waals surface area contributed by atoms with Gasteiger partial charge in [0.15, 0.2) is 0 Å². The quantitative estimate of drug-likeness (QED) is 0.830. The fourth-order valence-electron chi connectivity index (χ4n) is 2.28. The average molecular weight is 225 g/mol. The van der Waals surface area contributed by atoms with Crippen molar-refractivity contribution in [3.8, 4) is 0 Å². The summed E-state index contributed by atoms with van der Waals surface area (Å²) in [6, 6.07) is 0. The van der Waals surface area contributed by atoms with E-state index in [2.05, 4.69) is 22.0 Å². The first kappa shape index (κ1) is 11.5. The molecule has 1 saturated heterocycles. The van der Waals surface area contributed by atoms with Crippen molar-refractivity contribution in [3.05, 3.63) is 11.8 Å². The second kappa shape index (κ2) is 4.51. The summed E-state index contributed by atoms with van der Waals surface area (Å²) in [5, 5.41) is 17.2. The zero-order chi connectivity index (χ0) is 11.6. The van der Waals surface area contributed by atoms with Crippen LogP contribution in [0.4, 0.5) is 0 Å². The van der Waals surface area contributed by atoms with Crippen LogP contribution >= 0.6 is 0 Å². The molecule has 0 saturated carbocycles. The number of piperidine rings is 1. The number of aliphatic hydroxyl groups excluding tert-OH is 1. The van der Waals surface area contributed by atoms with Gasteiger partial charge in [-0.15, -0.1) is 10.2 Å². The molecule has 1 atom stereocenters. The van der Waals surface area contributed by atoms with Crippen LogP contribution in [0, 0.1) is 12.3 Å². The highest BCUT2D eigenvalue weighted by Crippen LogP contribution is 2.29. The van der Waals surface area contributed by atoms with Crippen molar-refractivity contribution >= 4 is 0 Å². The number of likely N-dealkylation sites (tertiary alicyclic amines) is 1. The first-order valence-electron chi connectivity index (χ1n) is 5.73. The number of aryl methyl sites for hydroxylation is 1. The molecule has 16 heavy (non-hydrogen) atoms. The highest BCUT2D eigenvalue weighted by Gasteiger charge is 2.30. The maximum atomic E-state index is 9.36. The van der Waals surface area contributed by atoms with Gasteiger partial charge in [0.2, 0.25) is 11.8 Å². The number of nitrogens with zero attached hydrogens (tertiary/aromatic N) is 3. The molecule has 1 fully saturated rings. The minimum Gasteiger partial charge on any atom is -0.424 e. The van der Waals surface area contributed by atoms with Gasteiger partial charge in [0.1, 0.15) is 0 Å². The molecule has 1 unspecified atom stereocenters. The van der Waals surface area contributed by atoms with Gasteiger partial charge in [-0.3, -0.25) is 4.90 Å². The van der Waals surface area contributed by atoms with Gasteiger partial charge in [-0.2, -0.15) is 0 Å². The van der Waals surface area contributed by atoms with Crippen molar-refractivity contribution in [1.82, 2.24) is 15.1 Å². The maximum absolute atomic E-state index is 9.36. The Bertz CT molecular complexity index is 353. The number of hydrogen-bond acceptors (Lipinski definition) is 5. The standard InChI is InChI=1S/C11H19N3O2/c1-9-12-13-10(16-9)6-14-5-3-4-11(2,7-14)8-15/h15H,3-8H2,1-2H3. The van der Waals surface area contributed by atoms with Gasteiger partial charge < -0.3 is 9.52 Å². The molecule has 5 heteroatoms. The number of aliphatic hydroxyl groups is 1. The lowest BCUT2D eigenvalue weighted by molar-refractivity contribution is 0.0390. The Kier molecular flexibility index (Phi) is 3.25. The van der Waals surface area contributed by atoms with Crippen molar-refractivity contribution in [2.24, 2.45) is 5.41 Å². The van der Waals surface area contributed by atoms with Gasteiger partial charge in [0.05, 0.1) is 6.54 Å². The smallest absolute Gasteiger partial charge is 0.230 e. The molecule has 0 radical (unpaired) electrons. The first-order valence-corrected chi connectivity index (χ1v) is 5.73. The van der Waals surface area contributed by atoms with Crippen molar-refractivity contribution in [2.75, 3.05) is 19.7 Å². The molecular weight excluding hydrogens is 206 g/mol. The first-order chi connectivity index (χ1) is 7.61. The summed E-state index contributed by atoms with van der Waals surface area (Å²) in [4.78, 5) is 2.27. The van der Waals surface area contributed by atoms with E-state index in [-0.39, 0.29) is 12.0 Å². The summed E-state index contributed by atoms with van der Waals surface area (Å²) < 4.78 is 5.36. The lowest BCUT2D eigenvalue weighted by Gasteiger charge is -2.38. The highest BCUT2D eigenvalue weighted by molar-refractivity contribution is 4.86. The van der Waals surface area contributed by atoms with Crippen LogP contribution < -0.4 is 0 Å². The molecule has 0 bridgehead atoms. The Morgan fingerprint density at radius 1 is 1.50 bits per heavy atom. The van der Waals surface area contributed by atoms with Gasteiger partial charge in [-0.1, -0.05) is 6.92 Å². The largest absolute Gasteiger partial charge is 0.424 e. The predicted molar refractivity (Wildman–Crippen MR) is 58.7 cm³/mol. The van der Waals surface area contributed by atoms with E-state index >= 15 is 0 Å². The van der Waals surface area contributed by atoms with Crippen LogP contribution in [-0.2, 0) is 6.54 Å². The molecule has 0 amide bonds. The Labute approximate surface area is 95.5 Å². The zero-order valence-corrected chi connectivity index (χ0v) is 9.94. The zero-order valence-electron chi connectivity index (χ0n) is 9.94. The van der Waals surface area contributed by atoms with Crippen molar-refractivity contribution in [2.45, 2.75) is 33.2 Å². The normalized spacial score (nSPS) is 27.2. The number of rotatable bonds is 3. The topological polar surface area (TPSA) is 62.4 Å². The maximum Gasteiger partial charge on any atom is 0.230 e. The lowest BCUT2D eigenvalue weighted by Crippen LogP contribution is -2.43. The fraction of sp³-hybridized carbons (Fsp3) is 0.818. The molecule has 1 aromatic heterocycles. The molecule has 1 aromatic rings. The molecule has 5 nitrogen and oxygen atoms in total. The van der Waals surface area contributed by atoms with Crippen LogP contribution in [0.1, 0.15) is 31.5 Å². The summed E-state index contributed by atoms with van der Waals surface area (Å²) in [6.07, 6.45) is 2.20. The van der Waals surface area contributed by atoms with E-state index in [1.54, 1.807) is 6.92 Å². The van der Waals surface area contributed by atoms with Crippen molar-refractivity contribution in [1.29, 1.82) is 0 Å². The fourth-order valence-corrected chi connectivity index (χ4v) is 2.28. The Hall–Kier alpha value is -0.940. The van der Waals surface area contributed by atoms with Crippen molar-refractivity contribution < 1.29 is 9.52 Å². The third-order valence-corrected chi connectivity index (χ3v) is 3.17. The SMILES string of the molecule is Cc1nnc(CN2CCCC(C)(CO)C2)o1. The minimum atomic E-state index is 0.0211. The molecule has 2 heterocycles. The molecule has 0 aromatic carbocycles. The van der Waals surface area contributed by atoms with Crippen LogP contribution in [0.15, 0.2) is 4.42 Å². The second-order valence-corrected chi connectivity index (χ2v) is 5.00. The molecule has 0 spiro atoms. The van der Waals surface area contributed by atoms with E-state index in [1.807, 2.05) is 0 Å². The number of aromatic nitrogens is 2. The summed E-state index contributed by atoms with van der Waals surface area (Å²) >= 11 is 0.